The van der Waals surface area contributed by atoms with E-state index in [1.807, 2.05) is 0 Å². The molecule has 0 saturated heterocycles. The predicted octanol–water partition coefficient (Wildman–Crippen LogP) is 4.67. The molecule has 16 heteroatoms. The molecule has 0 saturated carbocycles. The van der Waals surface area contributed by atoms with Crippen molar-refractivity contribution in [3.8, 4) is 0 Å². The van der Waals surface area contributed by atoms with Gasteiger partial charge in [-0.3, -0.25) is 19.2 Å². The first-order valence-electron chi connectivity index (χ1n) is 17.5. The Labute approximate surface area is 370 Å². The van der Waals surface area contributed by atoms with Crippen LogP contribution in [0.2, 0.25) is 0 Å². The molecule has 7 atom stereocenters. The molecule has 328 valence electrons. The van der Waals surface area contributed by atoms with Gasteiger partial charge in [0.05, 0.1) is 0 Å². The summed E-state index contributed by atoms with van der Waals surface area (Å²) in [4.78, 5) is 77.9. The molecule has 0 spiro atoms. The van der Waals surface area contributed by atoms with Crippen LogP contribution in [0.3, 0.4) is 0 Å². The van der Waals surface area contributed by atoms with E-state index < -0.39 is 65.8 Å². The molecule has 7 unspecified atom stereocenters. The van der Waals surface area contributed by atoms with E-state index in [1.54, 1.807) is 69.2 Å². The Kier molecular flexibility index (Phi) is 40.4. The maximum atomic E-state index is 12.0. The minimum atomic E-state index is -3.73. The molecule has 0 aromatic carbocycles. The summed E-state index contributed by atoms with van der Waals surface area (Å²) in [5, 5.41) is 34.3. The third kappa shape index (κ3) is 34.1. The summed E-state index contributed by atoms with van der Waals surface area (Å²) in [7, 11) is 0. The predicted molar refractivity (Wildman–Crippen MR) is 223 cm³/mol. The summed E-state index contributed by atoms with van der Waals surface area (Å²) in [6.45, 7) is 45.7. The topological polar surface area (TPSA) is 228 Å². The number of hydrogen-bond donors (Lipinski definition) is 4. The van der Waals surface area contributed by atoms with Crippen molar-refractivity contribution < 1.29 is 84.1 Å². The average Bonchev–Trinajstić information content (AvgIpc) is 3.09. The second-order valence-corrected chi connectivity index (χ2v) is 17.4. The van der Waals surface area contributed by atoms with Crippen LogP contribution in [0.25, 0.3) is 0 Å². The summed E-state index contributed by atoms with van der Waals surface area (Å²) >= 11 is -3.73. The molecule has 0 heterocycles. The minimum absolute atomic E-state index is 0. The Morgan fingerprint density at radius 2 is 0.466 bits per heavy atom. The fourth-order valence-electron chi connectivity index (χ4n) is 3.07. The van der Waals surface area contributed by atoms with Crippen LogP contribution in [-0.2, 0) is 63.7 Å². The van der Waals surface area contributed by atoms with Gasteiger partial charge in [-0.2, -0.15) is 0 Å². The second-order valence-electron chi connectivity index (χ2n) is 13.2. The quantitative estimate of drug-likeness (QED) is 0.0961. The Hall–Kier alpha value is -2.81. The summed E-state index contributed by atoms with van der Waals surface area (Å²) < 4.78 is 17.0. The van der Waals surface area contributed by atoms with E-state index in [4.69, 9.17) is 28.9 Å². The van der Waals surface area contributed by atoms with Gasteiger partial charge < -0.3 is 20.4 Å². The molecule has 0 aromatic heterocycles. The number of ketones is 7. The van der Waals surface area contributed by atoms with E-state index in [1.165, 1.54) is 27.7 Å². The molecular formula is C42H67BiO14Ti. The van der Waals surface area contributed by atoms with Gasteiger partial charge >= 0.3 is 160 Å². The molecule has 4 N–H and O–H groups in total. The van der Waals surface area contributed by atoms with Gasteiger partial charge in [-0.05, 0) is 77.7 Å². The van der Waals surface area contributed by atoms with Crippen molar-refractivity contribution in [2.75, 3.05) is 0 Å². The zero-order valence-electron chi connectivity index (χ0n) is 36.8. The molecule has 14 nitrogen and oxygen atoms in total. The van der Waals surface area contributed by atoms with Crippen molar-refractivity contribution >= 4 is 63.6 Å². The Balaban J connectivity index is -0.000000167. The SMILES string of the molecule is C=C(C)C(=O)C(C)O.C=C(C)C(=O)C(C)O.C=C(C)C(=O)C(C)O.C=C(C)C(=O)C(C)O.C=C(C)C(=O)C(C)[O][Bi]([O]C(C)C(=O)C(=C)C)[O]C(C)C(=O)C(=C)C.[Ti]. The number of Topliss-reactive ketones (excluding diaryl/α,β-unsaturated/α-hetero) is 7. The molecule has 0 aromatic rings. The first-order chi connectivity index (χ1) is 25.6. The third-order valence-electron chi connectivity index (χ3n) is 6.30. The van der Waals surface area contributed by atoms with Crippen LogP contribution in [0.4, 0.5) is 0 Å². The van der Waals surface area contributed by atoms with Crippen molar-refractivity contribution in [1.82, 2.24) is 0 Å². The molecule has 0 fully saturated rings. The smallest absolute Gasteiger partial charge is 0 e. The van der Waals surface area contributed by atoms with Crippen molar-refractivity contribution in [2.24, 2.45) is 0 Å². The second kappa shape index (κ2) is 35.0. The summed E-state index contributed by atoms with van der Waals surface area (Å²) in [6, 6.07) is 0. The monoisotopic (exact) mass is 1050 g/mol. The van der Waals surface area contributed by atoms with Gasteiger partial charge in [0.15, 0.2) is 23.1 Å². The van der Waals surface area contributed by atoms with E-state index in [9.17, 15) is 33.6 Å². The summed E-state index contributed by atoms with van der Waals surface area (Å²) in [6.07, 6.45) is -6.06. The van der Waals surface area contributed by atoms with Crippen molar-refractivity contribution in [3.05, 3.63) is 85.1 Å². The van der Waals surface area contributed by atoms with E-state index in [-0.39, 0.29) is 62.2 Å². The number of aliphatic hydroxyl groups excluding tert-OH is 4. The van der Waals surface area contributed by atoms with Crippen LogP contribution in [0.15, 0.2) is 85.1 Å². The van der Waals surface area contributed by atoms with Crippen molar-refractivity contribution in [2.45, 2.75) is 140 Å². The van der Waals surface area contributed by atoms with Gasteiger partial charge in [0.25, 0.3) is 0 Å². The molecular weight excluding hydrogens is 985 g/mol. The van der Waals surface area contributed by atoms with E-state index >= 15 is 0 Å². The summed E-state index contributed by atoms with van der Waals surface area (Å²) in [5.41, 5.74) is 2.63. The van der Waals surface area contributed by atoms with Crippen LogP contribution >= 0.6 is 0 Å². The molecule has 0 aliphatic heterocycles. The normalized spacial score (nSPS) is 13.4. The average molecular weight is 1050 g/mol. The Bertz CT molecular complexity index is 1300. The zero-order chi connectivity index (χ0) is 46.8. The van der Waals surface area contributed by atoms with E-state index in [2.05, 4.69) is 46.1 Å². The van der Waals surface area contributed by atoms with Gasteiger partial charge in [0, 0.05) is 21.7 Å². The van der Waals surface area contributed by atoms with E-state index in [0.29, 0.717) is 39.0 Å². The minimum Gasteiger partial charge on any atom is 0 e. The van der Waals surface area contributed by atoms with Crippen LogP contribution in [-0.4, -0.2) is 127 Å². The van der Waals surface area contributed by atoms with E-state index in [0.717, 1.165) is 0 Å². The number of carbonyl (C=O) groups is 7. The fraction of sp³-hybridized carbons (Fsp3) is 0.500. The van der Waals surface area contributed by atoms with Crippen LogP contribution in [0.1, 0.15) is 96.9 Å². The van der Waals surface area contributed by atoms with Crippen LogP contribution in [0, 0.1) is 0 Å². The Morgan fingerprint density at radius 1 is 0.345 bits per heavy atom. The number of aliphatic hydroxyl groups is 4. The summed E-state index contributed by atoms with van der Waals surface area (Å²) in [5.74, 6) is -2.01. The maximum Gasteiger partial charge on any atom is 0 e. The van der Waals surface area contributed by atoms with Crippen LogP contribution < -0.4 is 0 Å². The van der Waals surface area contributed by atoms with Gasteiger partial charge in [-0.15, -0.1) is 0 Å². The molecule has 0 aliphatic rings. The maximum absolute atomic E-state index is 12.0. The molecule has 0 amide bonds. The van der Waals surface area contributed by atoms with Gasteiger partial charge in [-0.1, -0.05) is 26.3 Å². The standard InChI is InChI=1S/4C6H10O2.3C6H9O2.Bi.Ti/c7*1-4(2)6(8)5(3)7;;/h4*5,7H,1H2,2-3H3;3*5H,1H2,2-3H3;;/q;;;;3*-1;+3;. The van der Waals surface area contributed by atoms with Crippen molar-refractivity contribution in [3.63, 3.8) is 0 Å². The molecule has 0 bridgehead atoms. The zero-order valence-corrected chi connectivity index (χ0v) is 41.8. The molecule has 0 rings (SSSR count). The van der Waals surface area contributed by atoms with Crippen molar-refractivity contribution in [1.29, 1.82) is 0 Å². The third-order valence-corrected chi connectivity index (χ3v) is 12.0. The van der Waals surface area contributed by atoms with Gasteiger partial charge in [0.1, 0.15) is 24.4 Å². The Morgan fingerprint density at radius 3 is 0.534 bits per heavy atom. The number of rotatable bonds is 20. The first kappa shape index (κ1) is 67.0. The van der Waals surface area contributed by atoms with Gasteiger partial charge in [-0.25, -0.2) is 0 Å². The largest absolute Gasteiger partial charge is 0 e. The first-order valence-corrected chi connectivity index (χ1v) is 21.8. The number of hydrogen-bond acceptors (Lipinski definition) is 14. The molecule has 58 heavy (non-hydrogen) atoms. The molecule has 0 aliphatic carbocycles. The van der Waals surface area contributed by atoms with Crippen LogP contribution in [0.5, 0.6) is 0 Å². The fourth-order valence-corrected chi connectivity index (χ4v) is 7.78. The van der Waals surface area contributed by atoms with Gasteiger partial charge in [0.2, 0.25) is 0 Å². The molecule has 0 radical (unpaired) electrons. The number of carbonyl (C=O) groups excluding carboxylic acids is 7.